The first-order valence-corrected chi connectivity index (χ1v) is 7.69. The number of hydrogen-bond donors (Lipinski definition) is 0. The standard InChI is InChI=1S/C18H27NO/c1-6-8-11-18(3,7-2)16-13-19(4)17-10-9-14(20-5)12-15(16)17/h9-10,12-13H,6-8,11H2,1-5H3. The first-order valence-electron chi connectivity index (χ1n) is 7.69. The highest BCUT2D eigenvalue weighted by molar-refractivity contribution is 5.86. The zero-order valence-electron chi connectivity index (χ0n) is 13.5. The third kappa shape index (κ3) is 2.56. The molecule has 0 saturated carbocycles. The van der Waals surface area contributed by atoms with Gasteiger partial charge in [-0.2, -0.15) is 0 Å². The summed E-state index contributed by atoms with van der Waals surface area (Å²) in [6.45, 7) is 6.97. The number of methoxy groups -OCH3 is 1. The minimum Gasteiger partial charge on any atom is -0.497 e. The number of nitrogens with zero attached hydrogens (tertiary/aromatic N) is 1. The molecule has 0 aliphatic rings. The summed E-state index contributed by atoms with van der Waals surface area (Å²) in [7, 11) is 3.87. The van der Waals surface area contributed by atoms with Crippen molar-refractivity contribution in [2.75, 3.05) is 7.11 Å². The van der Waals surface area contributed by atoms with Crippen LogP contribution >= 0.6 is 0 Å². The Balaban J connectivity index is 2.56. The predicted octanol–water partition coefficient (Wildman–Crippen LogP) is 5.04. The van der Waals surface area contributed by atoms with Crippen LogP contribution in [0, 0.1) is 0 Å². The van der Waals surface area contributed by atoms with Gasteiger partial charge in [0.25, 0.3) is 0 Å². The smallest absolute Gasteiger partial charge is 0.119 e. The molecule has 0 saturated heterocycles. The summed E-state index contributed by atoms with van der Waals surface area (Å²) in [5.41, 5.74) is 3.00. The number of fused-ring (bicyclic) bond motifs is 1. The fourth-order valence-corrected chi connectivity index (χ4v) is 3.05. The van der Waals surface area contributed by atoms with Gasteiger partial charge in [-0.3, -0.25) is 0 Å². The van der Waals surface area contributed by atoms with E-state index in [4.69, 9.17) is 4.74 Å². The van der Waals surface area contributed by atoms with Gasteiger partial charge in [0.2, 0.25) is 0 Å². The molecule has 1 aromatic heterocycles. The van der Waals surface area contributed by atoms with E-state index in [1.807, 2.05) is 6.07 Å². The number of hydrogen-bond acceptors (Lipinski definition) is 1. The molecule has 0 aliphatic carbocycles. The van der Waals surface area contributed by atoms with E-state index in [0.29, 0.717) is 0 Å². The van der Waals surface area contributed by atoms with Gasteiger partial charge in [-0.1, -0.05) is 33.6 Å². The molecule has 0 aliphatic heterocycles. The molecular weight excluding hydrogens is 246 g/mol. The van der Waals surface area contributed by atoms with Crippen molar-refractivity contribution in [2.24, 2.45) is 7.05 Å². The van der Waals surface area contributed by atoms with Crippen molar-refractivity contribution in [1.82, 2.24) is 4.57 Å². The second-order valence-electron chi connectivity index (χ2n) is 6.05. The molecule has 2 rings (SSSR count). The lowest BCUT2D eigenvalue weighted by Gasteiger charge is -2.28. The molecule has 20 heavy (non-hydrogen) atoms. The molecule has 2 aromatic rings. The molecular formula is C18H27NO. The normalized spacial score (nSPS) is 14.4. The minimum absolute atomic E-state index is 0.252. The van der Waals surface area contributed by atoms with Crippen molar-refractivity contribution >= 4 is 10.9 Å². The summed E-state index contributed by atoms with van der Waals surface area (Å²) in [6.07, 6.45) is 7.26. The van der Waals surface area contributed by atoms with Crippen LogP contribution in [-0.2, 0) is 12.5 Å². The fourth-order valence-electron chi connectivity index (χ4n) is 3.05. The lowest BCUT2D eigenvalue weighted by molar-refractivity contribution is 0.404. The third-order valence-electron chi connectivity index (χ3n) is 4.71. The maximum absolute atomic E-state index is 5.40. The van der Waals surface area contributed by atoms with Gasteiger partial charge in [-0.05, 0) is 42.0 Å². The molecule has 2 heteroatoms. The summed E-state index contributed by atoms with van der Waals surface area (Å²) in [5.74, 6) is 0.943. The molecule has 1 heterocycles. The van der Waals surface area contributed by atoms with Crippen LogP contribution in [0.4, 0.5) is 0 Å². The van der Waals surface area contributed by atoms with Gasteiger partial charge in [0, 0.05) is 24.1 Å². The fraction of sp³-hybridized carbons (Fsp3) is 0.556. The molecule has 0 spiro atoms. The first-order chi connectivity index (χ1) is 9.55. The molecule has 1 unspecified atom stereocenters. The van der Waals surface area contributed by atoms with E-state index < -0.39 is 0 Å². The average Bonchev–Trinajstić information content (AvgIpc) is 2.82. The van der Waals surface area contributed by atoms with Crippen molar-refractivity contribution in [3.05, 3.63) is 30.0 Å². The molecule has 0 bridgehead atoms. The minimum atomic E-state index is 0.252. The SMILES string of the molecule is CCCCC(C)(CC)c1cn(C)c2ccc(OC)cc12. The van der Waals surface area contributed by atoms with Crippen LogP contribution in [0.15, 0.2) is 24.4 Å². The number of aromatic nitrogens is 1. The van der Waals surface area contributed by atoms with Crippen molar-refractivity contribution in [3.8, 4) is 5.75 Å². The number of aryl methyl sites for hydroxylation is 1. The van der Waals surface area contributed by atoms with E-state index >= 15 is 0 Å². The Morgan fingerprint density at radius 2 is 2.00 bits per heavy atom. The number of benzene rings is 1. The monoisotopic (exact) mass is 273 g/mol. The molecule has 0 radical (unpaired) electrons. The van der Waals surface area contributed by atoms with Crippen LogP contribution in [0.1, 0.15) is 52.0 Å². The average molecular weight is 273 g/mol. The van der Waals surface area contributed by atoms with Gasteiger partial charge >= 0.3 is 0 Å². The van der Waals surface area contributed by atoms with Crippen LogP contribution in [0.2, 0.25) is 0 Å². The van der Waals surface area contributed by atoms with E-state index in [1.165, 1.54) is 42.1 Å². The highest BCUT2D eigenvalue weighted by Gasteiger charge is 2.27. The largest absolute Gasteiger partial charge is 0.497 e. The van der Waals surface area contributed by atoms with E-state index in [-0.39, 0.29) is 5.41 Å². The number of unbranched alkanes of at least 4 members (excludes halogenated alkanes) is 1. The van der Waals surface area contributed by atoms with Crippen molar-refractivity contribution in [1.29, 1.82) is 0 Å². The van der Waals surface area contributed by atoms with Crippen molar-refractivity contribution < 1.29 is 4.74 Å². The number of rotatable bonds is 6. The van der Waals surface area contributed by atoms with E-state index in [1.54, 1.807) is 7.11 Å². The van der Waals surface area contributed by atoms with Crippen LogP contribution in [0.3, 0.4) is 0 Å². The Hall–Kier alpha value is -1.44. The van der Waals surface area contributed by atoms with Gasteiger partial charge in [0.05, 0.1) is 7.11 Å². The molecule has 1 atom stereocenters. The van der Waals surface area contributed by atoms with Crippen molar-refractivity contribution in [2.45, 2.75) is 51.9 Å². The quantitative estimate of drug-likeness (QED) is 0.718. The second-order valence-corrected chi connectivity index (χ2v) is 6.05. The highest BCUT2D eigenvalue weighted by atomic mass is 16.5. The summed E-state index contributed by atoms with van der Waals surface area (Å²) in [4.78, 5) is 0. The zero-order valence-corrected chi connectivity index (χ0v) is 13.5. The Morgan fingerprint density at radius 3 is 2.60 bits per heavy atom. The van der Waals surface area contributed by atoms with Crippen LogP contribution in [0.5, 0.6) is 5.75 Å². The molecule has 110 valence electrons. The van der Waals surface area contributed by atoms with Gasteiger partial charge in [-0.15, -0.1) is 0 Å². The topological polar surface area (TPSA) is 14.2 Å². The summed E-state index contributed by atoms with van der Waals surface area (Å²) in [5, 5.41) is 1.34. The van der Waals surface area contributed by atoms with Gasteiger partial charge in [-0.25, -0.2) is 0 Å². The van der Waals surface area contributed by atoms with E-state index in [2.05, 4.69) is 50.7 Å². The lowest BCUT2D eigenvalue weighted by atomic mass is 9.76. The third-order valence-corrected chi connectivity index (χ3v) is 4.71. The molecule has 0 N–H and O–H groups in total. The Morgan fingerprint density at radius 1 is 1.25 bits per heavy atom. The van der Waals surface area contributed by atoms with Crippen LogP contribution in [0.25, 0.3) is 10.9 Å². The zero-order chi connectivity index (χ0) is 14.8. The van der Waals surface area contributed by atoms with Crippen molar-refractivity contribution in [3.63, 3.8) is 0 Å². The van der Waals surface area contributed by atoms with E-state index in [9.17, 15) is 0 Å². The Kier molecular flexibility index (Phi) is 4.42. The highest BCUT2D eigenvalue weighted by Crippen LogP contribution is 2.39. The summed E-state index contributed by atoms with van der Waals surface area (Å²) in [6, 6.07) is 6.39. The van der Waals surface area contributed by atoms with E-state index in [0.717, 1.165) is 5.75 Å². The molecule has 0 amide bonds. The molecule has 2 nitrogen and oxygen atoms in total. The van der Waals surface area contributed by atoms with Gasteiger partial charge in [0.15, 0.2) is 0 Å². The maximum atomic E-state index is 5.40. The Labute approximate surface area is 122 Å². The second kappa shape index (κ2) is 5.90. The molecule has 0 fully saturated rings. The van der Waals surface area contributed by atoms with Crippen LogP contribution in [-0.4, -0.2) is 11.7 Å². The van der Waals surface area contributed by atoms with Crippen LogP contribution < -0.4 is 4.74 Å². The lowest BCUT2D eigenvalue weighted by Crippen LogP contribution is -2.20. The predicted molar refractivity (Wildman–Crippen MR) is 86.6 cm³/mol. The maximum Gasteiger partial charge on any atom is 0.119 e. The number of ether oxygens (including phenoxy) is 1. The van der Waals surface area contributed by atoms with Gasteiger partial charge < -0.3 is 9.30 Å². The Bertz CT molecular complexity index is 584. The van der Waals surface area contributed by atoms with Gasteiger partial charge in [0.1, 0.15) is 5.75 Å². The molecule has 1 aromatic carbocycles. The summed E-state index contributed by atoms with van der Waals surface area (Å²) < 4.78 is 7.64. The first kappa shape index (κ1) is 15.0. The summed E-state index contributed by atoms with van der Waals surface area (Å²) >= 11 is 0.